The van der Waals surface area contributed by atoms with Gasteiger partial charge in [-0.05, 0) is 63.4 Å². The zero-order valence-electron chi connectivity index (χ0n) is 19.9. The summed E-state index contributed by atoms with van der Waals surface area (Å²) in [5.41, 5.74) is 2.05. The van der Waals surface area contributed by atoms with Crippen LogP contribution in [0.3, 0.4) is 0 Å². The topological polar surface area (TPSA) is 96.9 Å². The fourth-order valence-electron chi connectivity index (χ4n) is 3.07. The largest absolute Gasteiger partial charge is 0.493 e. The van der Waals surface area contributed by atoms with E-state index in [1.54, 1.807) is 13.2 Å². The molecular formula is C24H36IN5O3. The third-order valence-electron chi connectivity index (χ3n) is 4.57. The number of aryl methyl sites for hydroxylation is 2. The quantitative estimate of drug-likeness (QED) is 0.155. The number of aromatic nitrogens is 1. The Morgan fingerprint density at radius 1 is 1.12 bits per heavy atom. The van der Waals surface area contributed by atoms with Crippen molar-refractivity contribution < 1.29 is 14.3 Å². The van der Waals surface area contributed by atoms with E-state index >= 15 is 0 Å². The number of methoxy groups -OCH3 is 1. The fourth-order valence-corrected chi connectivity index (χ4v) is 3.07. The van der Waals surface area contributed by atoms with Crippen molar-refractivity contribution in [3.63, 3.8) is 0 Å². The van der Waals surface area contributed by atoms with Crippen LogP contribution in [-0.4, -0.2) is 50.2 Å². The maximum Gasteiger partial charge on any atom is 0.227 e. The van der Waals surface area contributed by atoms with Crippen molar-refractivity contribution in [2.45, 2.75) is 40.0 Å². The molecule has 1 aromatic carbocycles. The number of carbonyl (C=O) groups excluding carboxylic acids is 1. The van der Waals surface area contributed by atoms with Crippen molar-refractivity contribution >= 4 is 41.7 Å². The van der Waals surface area contributed by atoms with Gasteiger partial charge in [0.15, 0.2) is 17.5 Å². The molecule has 9 heteroatoms. The molecule has 1 heterocycles. The maximum atomic E-state index is 12.1. The first-order valence-electron chi connectivity index (χ1n) is 11.1. The molecule has 0 saturated heterocycles. The molecule has 2 aromatic rings. The van der Waals surface area contributed by atoms with Crippen molar-refractivity contribution in [2.24, 2.45) is 4.99 Å². The van der Waals surface area contributed by atoms with Crippen LogP contribution < -0.4 is 25.4 Å². The molecule has 3 N–H and O–H groups in total. The minimum absolute atomic E-state index is 0. The molecule has 33 heavy (non-hydrogen) atoms. The van der Waals surface area contributed by atoms with Gasteiger partial charge in [0.05, 0.1) is 13.7 Å². The first-order chi connectivity index (χ1) is 15.5. The molecule has 1 aromatic heterocycles. The lowest BCUT2D eigenvalue weighted by Gasteiger charge is -2.12. The lowest BCUT2D eigenvalue weighted by atomic mass is 10.1. The predicted octanol–water partition coefficient (Wildman–Crippen LogP) is 3.93. The Morgan fingerprint density at radius 3 is 2.64 bits per heavy atom. The van der Waals surface area contributed by atoms with Crippen LogP contribution in [0.25, 0.3) is 0 Å². The first kappa shape index (κ1) is 28.5. The molecule has 0 atom stereocenters. The molecule has 0 aliphatic rings. The van der Waals surface area contributed by atoms with Gasteiger partial charge in [0.25, 0.3) is 0 Å². The highest BCUT2D eigenvalue weighted by molar-refractivity contribution is 14.0. The number of guanidine groups is 1. The highest BCUT2D eigenvalue weighted by atomic mass is 127. The fraction of sp³-hybridized carbons (Fsp3) is 0.458. The van der Waals surface area contributed by atoms with Crippen LogP contribution >= 0.6 is 24.0 Å². The Morgan fingerprint density at radius 2 is 1.94 bits per heavy atom. The molecule has 1 amide bonds. The molecule has 0 fully saturated rings. The number of carbonyl (C=O) groups is 1. The van der Waals surface area contributed by atoms with Gasteiger partial charge in [0, 0.05) is 31.7 Å². The van der Waals surface area contributed by atoms with Gasteiger partial charge in [-0.3, -0.25) is 9.79 Å². The Balaban J connectivity index is 0.00000544. The van der Waals surface area contributed by atoms with Crippen LogP contribution in [0.1, 0.15) is 37.9 Å². The molecule has 0 saturated carbocycles. The third kappa shape index (κ3) is 10.7. The highest BCUT2D eigenvalue weighted by Gasteiger charge is 2.06. The van der Waals surface area contributed by atoms with E-state index in [9.17, 15) is 4.79 Å². The molecule has 182 valence electrons. The standard InChI is InChI=1S/C24H35N5O3.HI/c1-5-25-24(27-16-14-23(30)29-22-11-7-9-18(3)28-22)26-15-8-10-19-12-13-20(31-4)21(17-19)32-6-2;/h7,9,11-13,17H,5-6,8,10,14-16H2,1-4H3,(H2,25,26,27)(H,28,29,30);1H. The van der Waals surface area contributed by atoms with Crippen LogP contribution in [-0.2, 0) is 11.2 Å². The summed E-state index contributed by atoms with van der Waals surface area (Å²) in [4.78, 5) is 21.0. The maximum absolute atomic E-state index is 12.1. The molecule has 2 rings (SSSR count). The van der Waals surface area contributed by atoms with Crippen LogP contribution in [0.15, 0.2) is 41.4 Å². The second kappa shape index (κ2) is 16.1. The Bertz CT molecular complexity index is 892. The number of benzene rings is 1. The monoisotopic (exact) mass is 569 g/mol. The van der Waals surface area contributed by atoms with Gasteiger partial charge in [-0.1, -0.05) is 12.1 Å². The van der Waals surface area contributed by atoms with Crippen molar-refractivity contribution in [1.29, 1.82) is 0 Å². The summed E-state index contributed by atoms with van der Waals surface area (Å²) in [7, 11) is 1.64. The summed E-state index contributed by atoms with van der Waals surface area (Å²) >= 11 is 0. The minimum atomic E-state index is -0.0870. The highest BCUT2D eigenvalue weighted by Crippen LogP contribution is 2.28. The second-order valence-corrected chi connectivity index (χ2v) is 7.17. The van der Waals surface area contributed by atoms with E-state index in [0.29, 0.717) is 37.9 Å². The number of aliphatic imine (C=N–C) groups is 1. The van der Waals surface area contributed by atoms with Crippen molar-refractivity contribution in [3.8, 4) is 11.5 Å². The van der Waals surface area contributed by atoms with E-state index in [1.165, 1.54) is 5.56 Å². The molecule has 0 aliphatic heterocycles. The van der Waals surface area contributed by atoms with Gasteiger partial charge in [-0.25, -0.2) is 4.98 Å². The molecular weight excluding hydrogens is 533 g/mol. The van der Waals surface area contributed by atoms with Crippen LogP contribution in [0.4, 0.5) is 5.82 Å². The smallest absolute Gasteiger partial charge is 0.227 e. The molecule has 0 bridgehead atoms. The summed E-state index contributed by atoms with van der Waals surface area (Å²) in [6.45, 7) is 8.37. The minimum Gasteiger partial charge on any atom is -0.493 e. The summed E-state index contributed by atoms with van der Waals surface area (Å²) in [5.74, 6) is 2.70. The third-order valence-corrected chi connectivity index (χ3v) is 4.57. The van der Waals surface area contributed by atoms with Gasteiger partial charge in [-0.2, -0.15) is 0 Å². The number of pyridine rings is 1. The van der Waals surface area contributed by atoms with Gasteiger partial charge in [-0.15, -0.1) is 24.0 Å². The SMILES string of the molecule is CCNC(=NCCCc1ccc(OC)c(OCC)c1)NCCC(=O)Nc1cccc(C)n1.I. The molecule has 0 unspecified atom stereocenters. The summed E-state index contributed by atoms with van der Waals surface area (Å²) in [6, 6.07) is 11.6. The summed E-state index contributed by atoms with van der Waals surface area (Å²) in [6.07, 6.45) is 2.11. The number of hydrogen-bond donors (Lipinski definition) is 3. The molecule has 0 aliphatic carbocycles. The average Bonchev–Trinajstić information content (AvgIpc) is 2.77. The number of nitrogens with one attached hydrogen (secondary N) is 3. The van der Waals surface area contributed by atoms with Crippen molar-refractivity contribution in [3.05, 3.63) is 47.7 Å². The Hall–Kier alpha value is -2.56. The van der Waals surface area contributed by atoms with Crippen molar-refractivity contribution in [1.82, 2.24) is 15.6 Å². The van der Waals surface area contributed by atoms with Gasteiger partial charge >= 0.3 is 0 Å². The summed E-state index contributed by atoms with van der Waals surface area (Å²) in [5, 5.41) is 9.23. The molecule has 0 radical (unpaired) electrons. The van der Waals surface area contributed by atoms with E-state index < -0.39 is 0 Å². The number of rotatable bonds is 12. The summed E-state index contributed by atoms with van der Waals surface area (Å²) < 4.78 is 11.0. The van der Waals surface area contributed by atoms with E-state index in [1.807, 2.05) is 45.0 Å². The zero-order chi connectivity index (χ0) is 23.2. The average molecular weight is 569 g/mol. The van der Waals surface area contributed by atoms with Gasteiger partial charge in [0.2, 0.25) is 5.91 Å². The number of nitrogens with zero attached hydrogens (tertiary/aromatic N) is 2. The van der Waals surface area contributed by atoms with Gasteiger partial charge in [0.1, 0.15) is 5.82 Å². The van der Waals surface area contributed by atoms with E-state index in [4.69, 9.17) is 9.47 Å². The zero-order valence-corrected chi connectivity index (χ0v) is 22.3. The normalized spacial score (nSPS) is 10.7. The number of amides is 1. The van der Waals surface area contributed by atoms with E-state index in [0.717, 1.165) is 36.6 Å². The lowest BCUT2D eigenvalue weighted by Crippen LogP contribution is -2.38. The van der Waals surface area contributed by atoms with Crippen LogP contribution in [0, 0.1) is 6.92 Å². The Labute approximate surface area is 214 Å². The molecule has 8 nitrogen and oxygen atoms in total. The number of anilines is 1. The lowest BCUT2D eigenvalue weighted by molar-refractivity contribution is -0.116. The van der Waals surface area contributed by atoms with Crippen LogP contribution in [0.2, 0.25) is 0 Å². The Kier molecular flexibility index (Phi) is 13.9. The first-order valence-corrected chi connectivity index (χ1v) is 11.1. The van der Waals surface area contributed by atoms with Crippen molar-refractivity contribution in [2.75, 3.05) is 38.7 Å². The number of halogens is 1. The van der Waals surface area contributed by atoms with E-state index in [2.05, 4.69) is 32.0 Å². The number of hydrogen-bond acceptors (Lipinski definition) is 5. The predicted molar refractivity (Wildman–Crippen MR) is 144 cm³/mol. The van der Waals surface area contributed by atoms with Crippen LogP contribution in [0.5, 0.6) is 11.5 Å². The second-order valence-electron chi connectivity index (χ2n) is 7.17. The number of ether oxygens (including phenoxy) is 2. The van der Waals surface area contributed by atoms with E-state index in [-0.39, 0.29) is 29.9 Å². The van der Waals surface area contributed by atoms with Gasteiger partial charge < -0.3 is 25.4 Å². The molecule has 0 spiro atoms.